The van der Waals surface area contributed by atoms with Gasteiger partial charge in [-0.3, -0.25) is 29.4 Å². The molecule has 1 saturated carbocycles. The molecule has 2 aromatic carbocycles. The lowest BCUT2D eigenvalue weighted by molar-refractivity contribution is -0.384. The van der Waals surface area contributed by atoms with Crippen molar-refractivity contribution in [1.29, 1.82) is 0 Å². The maximum atomic E-state index is 13.1. The van der Waals surface area contributed by atoms with Crippen LogP contribution in [0.2, 0.25) is 0 Å². The lowest BCUT2D eigenvalue weighted by Crippen LogP contribution is -2.42. The molecule has 36 heavy (non-hydrogen) atoms. The standard InChI is InChI=1S/C25H25ClN4O6/c1-14-8-9-15(23(31)28-19-13-17(30(34)35)10-11-20(19)36-2)12-18(14)27-22-21(26)24(32)29(25(22)33)16-6-4-3-5-7-16/h8-13,16,27H,3-7H2,1-2H3,(H,28,31). The van der Waals surface area contributed by atoms with Gasteiger partial charge in [-0.1, -0.05) is 36.9 Å². The minimum atomic E-state index is -0.572. The first-order valence-corrected chi connectivity index (χ1v) is 11.9. The van der Waals surface area contributed by atoms with Crippen LogP contribution in [-0.2, 0) is 9.59 Å². The number of nitrogens with one attached hydrogen (secondary N) is 2. The predicted molar refractivity (Wildman–Crippen MR) is 134 cm³/mol. The molecule has 1 aliphatic heterocycles. The summed E-state index contributed by atoms with van der Waals surface area (Å²) in [5.74, 6) is -1.28. The minimum absolute atomic E-state index is 0.0201. The molecule has 188 valence electrons. The van der Waals surface area contributed by atoms with Crippen LogP contribution in [0.3, 0.4) is 0 Å². The van der Waals surface area contributed by atoms with Crippen molar-refractivity contribution in [2.75, 3.05) is 17.7 Å². The Bertz CT molecular complexity index is 1290. The van der Waals surface area contributed by atoms with Gasteiger partial charge in [-0.05, 0) is 43.5 Å². The van der Waals surface area contributed by atoms with Gasteiger partial charge < -0.3 is 15.4 Å². The van der Waals surface area contributed by atoms with Crippen LogP contribution in [0.4, 0.5) is 17.1 Å². The molecule has 0 unspecified atom stereocenters. The number of imide groups is 1. The Kier molecular flexibility index (Phi) is 7.25. The van der Waals surface area contributed by atoms with E-state index in [2.05, 4.69) is 10.6 Å². The Morgan fingerprint density at radius 2 is 1.81 bits per heavy atom. The van der Waals surface area contributed by atoms with E-state index in [9.17, 15) is 24.5 Å². The van der Waals surface area contributed by atoms with E-state index in [1.807, 2.05) is 0 Å². The second-order valence-corrected chi connectivity index (χ2v) is 9.09. The summed E-state index contributed by atoms with van der Waals surface area (Å²) in [7, 11) is 1.39. The number of carbonyl (C=O) groups excluding carboxylic acids is 3. The first-order valence-electron chi connectivity index (χ1n) is 11.5. The van der Waals surface area contributed by atoms with Gasteiger partial charge in [0.25, 0.3) is 23.4 Å². The fourth-order valence-corrected chi connectivity index (χ4v) is 4.65. The highest BCUT2D eigenvalue weighted by Crippen LogP contribution is 2.33. The van der Waals surface area contributed by atoms with E-state index in [1.165, 1.54) is 36.3 Å². The number of methoxy groups -OCH3 is 1. The van der Waals surface area contributed by atoms with E-state index in [0.29, 0.717) is 11.3 Å². The van der Waals surface area contributed by atoms with Crippen LogP contribution in [0, 0.1) is 17.0 Å². The molecule has 2 aliphatic rings. The molecule has 2 N–H and O–H groups in total. The molecule has 11 heteroatoms. The molecule has 10 nitrogen and oxygen atoms in total. The van der Waals surface area contributed by atoms with Crippen LogP contribution in [0.5, 0.6) is 5.75 Å². The number of non-ortho nitro benzene ring substituents is 1. The monoisotopic (exact) mass is 512 g/mol. The average molecular weight is 513 g/mol. The number of rotatable bonds is 7. The lowest BCUT2D eigenvalue weighted by Gasteiger charge is -2.29. The maximum absolute atomic E-state index is 13.1. The fourth-order valence-electron chi connectivity index (χ4n) is 4.43. The normalized spacial score (nSPS) is 16.4. The lowest BCUT2D eigenvalue weighted by atomic mass is 9.94. The van der Waals surface area contributed by atoms with E-state index in [0.717, 1.165) is 32.1 Å². The SMILES string of the molecule is COc1ccc([N+](=O)[O-])cc1NC(=O)c1ccc(C)c(NC2=C(Cl)C(=O)N(C3CCCCC3)C2=O)c1. The topological polar surface area (TPSA) is 131 Å². The number of ether oxygens (including phenoxy) is 1. The number of halogens is 1. The number of amides is 3. The largest absolute Gasteiger partial charge is 0.495 e. The molecule has 0 bridgehead atoms. The molecule has 0 spiro atoms. The Balaban J connectivity index is 1.56. The summed E-state index contributed by atoms with van der Waals surface area (Å²) in [6.45, 7) is 1.78. The summed E-state index contributed by atoms with van der Waals surface area (Å²) in [6.07, 6.45) is 4.49. The average Bonchev–Trinajstić information content (AvgIpc) is 3.08. The Hall–Kier alpha value is -3.92. The first kappa shape index (κ1) is 25.2. The van der Waals surface area contributed by atoms with Crippen molar-refractivity contribution in [1.82, 2.24) is 4.90 Å². The van der Waals surface area contributed by atoms with Crippen molar-refractivity contribution in [2.24, 2.45) is 0 Å². The van der Waals surface area contributed by atoms with E-state index < -0.39 is 22.6 Å². The molecule has 0 aromatic heterocycles. The molecule has 1 fully saturated rings. The third-order valence-electron chi connectivity index (χ3n) is 6.40. The van der Waals surface area contributed by atoms with E-state index in [1.54, 1.807) is 19.1 Å². The smallest absolute Gasteiger partial charge is 0.279 e. The highest BCUT2D eigenvalue weighted by atomic mass is 35.5. The second kappa shape index (κ2) is 10.4. The predicted octanol–water partition coefficient (Wildman–Crippen LogP) is 4.73. The van der Waals surface area contributed by atoms with Crippen molar-refractivity contribution >= 4 is 46.4 Å². The van der Waals surface area contributed by atoms with Gasteiger partial charge in [-0.2, -0.15) is 0 Å². The van der Waals surface area contributed by atoms with Gasteiger partial charge in [-0.15, -0.1) is 0 Å². The van der Waals surface area contributed by atoms with Crippen LogP contribution in [0.25, 0.3) is 0 Å². The molecule has 0 saturated heterocycles. The molecule has 0 radical (unpaired) electrons. The van der Waals surface area contributed by atoms with E-state index >= 15 is 0 Å². The molecule has 2 aromatic rings. The Labute approximate surface area is 212 Å². The third-order valence-corrected chi connectivity index (χ3v) is 6.75. The zero-order chi connectivity index (χ0) is 26.0. The number of hydrogen-bond donors (Lipinski definition) is 2. The molecule has 1 heterocycles. The van der Waals surface area contributed by atoms with Crippen LogP contribution in [0.1, 0.15) is 48.0 Å². The summed E-state index contributed by atoms with van der Waals surface area (Å²) in [4.78, 5) is 50.6. The van der Waals surface area contributed by atoms with E-state index in [-0.39, 0.29) is 39.5 Å². The number of nitro benzene ring substituents is 1. The summed E-state index contributed by atoms with van der Waals surface area (Å²) in [5.41, 5.74) is 1.27. The number of nitrogens with zero attached hydrogens (tertiary/aromatic N) is 2. The maximum Gasteiger partial charge on any atom is 0.279 e. The zero-order valence-corrected chi connectivity index (χ0v) is 20.6. The van der Waals surface area contributed by atoms with E-state index in [4.69, 9.17) is 16.3 Å². The van der Waals surface area contributed by atoms with Crippen LogP contribution >= 0.6 is 11.6 Å². The Morgan fingerprint density at radius 3 is 2.47 bits per heavy atom. The van der Waals surface area contributed by atoms with Gasteiger partial charge in [0.1, 0.15) is 16.5 Å². The van der Waals surface area contributed by atoms with Crippen molar-refractivity contribution in [3.8, 4) is 5.75 Å². The van der Waals surface area contributed by atoms with Crippen LogP contribution in [0.15, 0.2) is 47.1 Å². The summed E-state index contributed by atoms with van der Waals surface area (Å²) in [6, 6.07) is 8.48. The fraction of sp³-hybridized carbons (Fsp3) is 0.320. The Morgan fingerprint density at radius 1 is 1.08 bits per heavy atom. The van der Waals surface area contributed by atoms with Crippen LogP contribution in [-0.4, -0.2) is 40.7 Å². The minimum Gasteiger partial charge on any atom is -0.495 e. The molecular formula is C25H25ClN4O6. The van der Waals surface area contributed by atoms with Crippen LogP contribution < -0.4 is 15.4 Å². The number of aryl methyl sites for hydroxylation is 1. The number of benzene rings is 2. The van der Waals surface area contributed by atoms with Crippen molar-refractivity contribution in [3.05, 3.63) is 68.4 Å². The number of carbonyl (C=O) groups is 3. The molecule has 1 aliphatic carbocycles. The summed E-state index contributed by atoms with van der Waals surface area (Å²) >= 11 is 6.28. The van der Waals surface area contributed by atoms with Gasteiger partial charge >= 0.3 is 0 Å². The molecule has 4 rings (SSSR count). The molecule has 0 atom stereocenters. The van der Waals surface area contributed by atoms with Gasteiger partial charge in [-0.25, -0.2) is 0 Å². The highest BCUT2D eigenvalue weighted by Gasteiger charge is 2.42. The third kappa shape index (κ3) is 4.90. The quantitative estimate of drug-likeness (QED) is 0.311. The van der Waals surface area contributed by atoms with Crippen molar-refractivity contribution < 1.29 is 24.0 Å². The summed E-state index contributed by atoms with van der Waals surface area (Å²) in [5, 5.41) is 16.5. The number of anilines is 2. The number of nitro groups is 1. The van der Waals surface area contributed by atoms with Gasteiger partial charge in [0.05, 0.1) is 17.7 Å². The molecular weight excluding hydrogens is 488 g/mol. The van der Waals surface area contributed by atoms with Crippen molar-refractivity contribution in [2.45, 2.75) is 45.1 Å². The zero-order valence-electron chi connectivity index (χ0n) is 19.8. The number of hydrogen-bond acceptors (Lipinski definition) is 7. The molecule has 3 amide bonds. The van der Waals surface area contributed by atoms with Gasteiger partial charge in [0.15, 0.2) is 0 Å². The highest BCUT2D eigenvalue weighted by molar-refractivity contribution is 6.48. The summed E-state index contributed by atoms with van der Waals surface area (Å²) < 4.78 is 5.20. The first-order chi connectivity index (χ1) is 17.2. The van der Waals surface area contributed by atoms with Gasteiger partial charge in [0, 0.05) is 29.4 Å². The van der Waals surface area contributed by atoms with Gasteiger partial charge in [0.2, 0.25) is 0 Å². The second-order valence-electron chi connectivity index (χ2n) is 8.71. The van der Waals surface area contributed by atoms with Crippen molar-refractivity contribution in [3.63, 3.8) is 0 Å².